The van der Waals surface area contributed by atoms with Crippen LogP contribution in [0.1, 0.15) is 12.0 Å². The van der Waals surface area contributed by atoms with Gasteiger partial charge in [0.25, 0.3) is 0 Å². The third kappa shape index (κ3) is 3.76. The standard InChI is InChI=1S/C10H9F2NOS/c11-10(12)14-9-6-8(15)4-3-7(9)2-1-5-13/h3-4,6,10,15H,1-2H2. The normalized spacial score (nSPS) is 10.1. The second-order valence-electron chi connectivity index (χ2n) is 2.83. The maximum Gasteiger partial charge on any atom is 0.387 e. The Kier molecular flexibility index (Phi) is 4.37. The van der Waals surface area contributed by atoms with E-state index in [0.29, 0.717) is 16.9 Å². The molecule has 5 heteroatoms. The van der Waals surface area contributed by atoms with Crippen molar-refractivity contribution in [3.05, 3.63) is 23.8 Å². The highest BCUT2D eigenvalue weighted by atomic mass is 32.1. The lowest BCUT2D eigenvalue weighted by Gasteiger charge is -2.10. The van der Waals surface area contributed by atoms with Crippen LogP contribution >= 0.6 is 12.6 Å². The zero-order valence-corrected chi connectivity index (χ0v) is 8.68. The monoisotopic (exact) mass is 229 g/mol. The van der Waals surface area contributed by atoms with Crippen molar-refractivity contribution < 1.29 is 13.5 Å². The van der Waals surface area contributed by atoms with Gasteiger partial charge in [-0.3, -0.25) is 0 Å². The molecule has 0 heterocycles. The largest absolute Gasteiger partial charge is 0.435 e. The minimum Gasteiger partial charge on any atom is -0.435 e. The number of rotatable bonds is 4. The van der Waals surface area contributed by atoms with Crippen molar-refractivity contribution in [2.45, 2.75) is 24.3 Å². The Balaban J connectivity index is 2.88. The van der Waals surface area contributed by atoms with Crippen molar-refractivity contribution in [3.63, 3.8) is 0 Å². The molecule has 0 aliphatic carbocycles. The molecule has 0 spiro atoms. The minimum atomic E-state index is -2.86. The maximum absolute atomic E-state index is 12.0. The Morgan fingerprint density at radius 2 is 2.20 bits per heavy atom. The summed E-state index contributed by atoms with van der Waals surface area (Å²) < 4.78 is 28.4. The number of hydrogen-bond acceptors (Lipinski definition) is 3. The molecule has 0 saturated heterocycles. The van der Waals surface area contributed by atoms with Crippen LogP contribution in [0.3, 0.4) is 0 Å². The highest BCUT2D eigenvalue weighted by Crippen LogP contribution is 2.25. The van der Waals surface area contributed by atoms with Gasteiger partial charge in [-0.25, -0.2) is 0 Å². The van der Waals surface area contributed by atoms with Gasteiger partial charge in [0.05, 0.1) is 6.07 Å². The first-order chi connectivity index (χ1) is 7.13. The summed E-state index contributed by atoms with van der Waals surface area (Å²) in [7, 11) is 0. The Morgan fingerprint density at radius 1 is 1.47 bits per heavy atom. The smallest absolute Gasteiger partial charge is 0.387 e. The Hall–Kier alpha value is -1.28. The Labute approximate surface area is 91.9 Å². The van der Waals surface area contributed by atoms with Crippen LogP contribution < -0.4 is 4.74 Å². The van der Waals surface area contributed by atoms with E-state index in [-0.39, 0.29) is 12.2 Å². The van der Waals surface area contributed by atoms with Crippen molar-refractivity contribution in [3.8, 4) is 11.8 Å². The van der Waals surface area contributed by atoms with Gasteiger partial charge < -0.3 is 4.74 Å². The van der Waals surface area contributed by atoms with Crippen LogP contribution in [0.25, 0.3) is 0 Å². The van der Waals surface area contributed by atoms with E-state index in [1.165, 1.54) is 6.07 Å². The molecule has 0 atom stereocenters. The summed E-state index contributed by atoms with van der Waals surface area (Å²) >= 11 is 4.02. The molecular formula is C10H9F2NOS. The summed E-state index contributed by atoms with van der Waals surface area (Å²) in [5.41, 5.74) is 0.592. The molecule has 0 saturated carbocycles. The van der Waals surface area contributed by atoms with Gasteiger partial charge in [-0.1, -0.05) is 6.07 Å². The number of ether oxygens (including phenoxy) is 1. The number of thiol groups is 1. The second kappa shape index (κ2) is 5.56. The summed E-state index contributed by atoms with van der Waals surface area (Å²) in [4.78, 5) is 0.548. The van der Waals surface area contributed by atoms with Gasteiger partial charge >= 0.3 is 6.61 Å². The number of nitrogens with zero attached hydrogens (tertiary/aromatic N) is 1. The van der Waals surface area contributed by atoms with E-state index in [1.807, 2.05) is 6.07 Å². The van der Waals surface area contributed by atoms with Gasteiger partial charge in [0.2, 0.25) is 0 Å². The predicted molar refractivity (Wildman–Crippen MR) is 54.3 cm³/mol. The SMILES string of the molecule is N#CCCc1ccc(S)cc1OC(F)F. The van der Waals surface area contributed by atoms with Gasteiger partial charge in [0.15, 0.2) is 0 Å². The minimum absolute atomic E-state index is 0.0905. The van der Waals surface area contributed by atoms with Gasteiger partial charge in [-0.15, -0.1) is 12.6 Å². The zero-order valence-electron chi connectivity index (χ0n) is 7.78. The molecule has 0 radical (unpaired) electrons. The first-order valence-corrected chi connectivity index (χ1v) is 4.72. The summed E-state index contributed by atoms with van der Waals surface area (Å²) in [6, 6.07) is 6.68. The molecule has 0 aliphatic heterocycles. The summed E-state index contributed by atoms with van der Waals surface area (Å²) in [5.74, 6) is 0.0905. The molecule has 0 fully saturated rings. The lowest BCUT2D eigenvalue weighted by Crippen LogP contribution is -2.04. The van der Waals surface area contributed by atoms with Crippen molar-refractivity contribution in [1.82, 2.24) is 0 Å². The molecule has 0 amide bonds. The second-order valence-corrected chi connectivity index (χ2v) is 3.35. The van der Waals surface area contributed by atoms with Crippen molar-refractivity contribution in [2.75, 3.05) is 0 Å². The van der Waals surface area contributed by atoms with E-state index >= 15 is 0 Å². The van der Waals surface area contributed by atoms with Crippen molar-refractivity contribution in [2.24, 2.45) is 0 Å². The Morgan fingerprint density at radius 3 is 2.80 bits per heavy atom. The number of nitriles is 1. The van der Waals surface area contributed by atoms with Crippen molar-refractivity contribution in [1.29, 1.82) is 5.26 Å². The highest BCUT2D eigenvalue weighted by molar-refractivity contribution is 7.80. The van der Waals surface area contributed by atoms with Gasteiger partial charge in [-0.05, 0) is 24.1 Å². The third-order valence-corrected chi connectivity index (χ3v) is 2.05. The fourth-order valence-corrected chi connectivity index (χ4v) is 1.34. The molecule has 0 unspecified atom stereocenters. The van der Waals surface area contributed by atoms with Crippen LogP contribution in [0.4, 0.5) is 8.78 Å². The highest BCUT2D eigenvalue weighted by Gasteiger charge is 2.09. The zero-order chi connectivity index (χ0) is 11.3. The van der Waals surface area contributed by atoms with E-state index in [2.05, 4.69) is 17.4 Å². The summed E-state index contributed by atoms with van der Waals surface area (Å²) in [6.45, 7) is -2.86. The van der Waals surface area contributed by atoms with Crippen LogP contribution in [-0.2, 0) is 6.42 Å². The average Bonchev–Trinajstić information content (AvgIpc) is 2.16. The van der Waals surface area contributed by atoms with Crippen molar-refractivity contribution >= 4 is 12.6 Å². The summed E-state index contributed by atoms with van der Waals surface area (Å²) in [5, 5.41) is 8.40. The van der Waals surface area contributed by atoms with E-state index in [0.717, 1.165) is 0 Å². The average molecular weight is 229 g/mol. The topological polar surface area (TPSA) is 33.0 Å². The van der Waals surface area contributed by atoms with E-state index in [9.17, 15) is 8.78 Å². The van der Waals surface area contributed by atoms with E-state index < -0.39 is 6.61 Å². The molecule has 1 aromatic rings. The molecule has 0 N–H and O–H groups in total. The molecule has 1 rings (SSSR count). The molecular weight excluding hydrogens is 220 g/mol. The molecule has 0 aliphatic rings. The van der Waals surface area contributed by atoms with Gasteiger partial charge in [0, 0.05) is 11.3 Å². The quantitative estimate of drug-likeness (QED) is 0.805. The first-order valence-electron chi connectivity index (χ1n) is 4.27. The number of hydrogen-bond donors (Lipinski definition) is 1. The molecule has 0 aromatic heterocycles. The number of aryl methyl sites for hydroxylation is 1. The fourth-order valence-electron chi connectivity index (χ4n) is 1.15. The maximum atomic E-state index is 12.0. The molecule has 2 nitrogen and oxygen atoms in total. The van der Waals surface area contributed by atoms with Gasteiger partial charge in [-0.2, -0.15) is 14.0 Å². The molecule has 0 bridgehead atoms. The van der Waals surface area contributed by atoms with Gasteiger partial charge in [0.1, 0.15) is 5.75 Å². The van der Waals surface area contributed by atoms with Crippen LogP contribution in [0.2, 0.25) is 0 Å². The molecule has 80 valence electrons. The lowest BCUT2D eigenvalue weighted by molar-refractivity contribution is -0.0505. The van der Waals surface area contributed by atoms with Crippen LogP contribution in [0, 0.1) is 11.3 Å². The Bertz CT molecular complexity index is 376. The van der Waals surface area contributed by atoms with E-state index in [4.69, 9.17) is 5.26 Å². The van der Waals surface area contributed by atoms with Crippen LogP contribution in [0.5, 0.6) is 5.75 Å². The number of alkyl halides is 2. The van der Waals surface area contributed by atoms with E-state index in [1.54, 1.807) is 12.1 Å². The fraction of sp³-hybridized carbons (Fsp3) is 0.300. The first kappa shape index (κ1) is 11.8. The third-order valence-electron chi connectivity index (χ3n) is 1.77. The number of benzene rings is 1. The van der Waals surface area contributed by atoms with Crippen LogP contribution in [0.15, 0.2) is 23.1 Å². The number of halogens is 2. The predicted octanol–water partition coefficient (Wildman–Crippen LogP) is 3.03. The van der Waals surface area contributed by atoms with Crippen LogP contribution in [-0.4, -0.2) is 6.61 Å². The molecule has 1 aromatic carbocycles. The summed E-state index contributed by atoms with van der Waals surface area (Å²) in [6.07, 6.45) is 0.665. The lowest BCUT2D eigenvalue weighted by atomic mass is 10.1. The molecule has 15 heavy (non-hydrogen) atoms.